The van der Waals surface area contributed by atoms with E-state index in [0.29, 0.717) is 48.9 Å². The number of para-hydroxylation sites is 1. The predicted molar refractivity (Wildman–Crippen MR) is 160 cm³/mol. The van der Waals surface area contributed by atoms with Gasteiger partial charge in [0.05, 0.1) is 39.6 Å². The van der Waals surface area contributed by atoms with Crippen LogP contribution in [0.4, 0.5) is 5.00 Å². The summed E-state index contributed by atoms with van der Waals surface area (Å²) in [6.07, 6.45) is -0.762. The van der Waals surface area contributed by atoms with Gasteiger partial charge >= 0.3 is 11.9 Å². The van der Waals surface area contributed by atoms with Gasteiger partial charge in [-0.1, -0.05) is 41.4 Å². The van der Waals surface area contributed by atoms with Crippen molar-refractivity contribution < 1.29 is 23.9 Å². The monoisotopic (exact) mass is 598 g/mol. The van der Waals surface area contributed by atoms with Crippen LogP contribution in [0.25, 0.3) is 22.2 Å². The van der Waals surface area contributed by atoms with E-state index in [1.807, 2.05) is 12.1 Å². The third-order valence-electron chi connectivity index (χ3n) is 6.00. The first-order chi connectivity index (χ1) is 18.9. The van der Waals surface area contributed by atoms with Gasteiger partial charge in [-0.15, -0.1) is 11.3 Å². The minimum Gasteiger partial charge on any atom is -0.459 e. The number of anilines is 1. The second-order valence-electron chi connectivity index (χ2n) is 9.72. The minimum absolute atomic E-state index is 0.111. The first-order valence-corrected chi connectivity index (χ1v) is 14.2. The maximum absolute atomic E-state index is 14.0. The average molecular weight is 600 g/mol. The van der Waals surface area contributed by atoms with Crippen LogP contribution in [0, 0.1) is 13.8 Å². The number of nitrogens with one attached hydrogen (secondary N) is 1. The van der Waals surface area contributed by atoms with Gasteiger partial charge in [0.1, 0.15) is 9.88 Å². The molecule has 4 rings (SSSR count). The van der Waals surface area contributed by atoms with Crippen LogP contribution in [0.1, 0.15) is 69.2 Å². The Morgan fingerprint density at radius 2 is 1.52 bits per heavy atom. The summed E-state index contributed by atoms with van der Waals surface area (Å²) in [5.74, 6) is -1.71. The molecule has 0 unspecified atom stereocenters. The van der Waals surface area contributed by atoms with Crippen molar-refractivity contribution in [2.45, 2.75) is 53.8 Å². The number of thiophene rings is 1. The van der Waals surface area contributed by atoms with Crippen molar-refractivity contribution in [2.75, 3.05) is 5.32 Å². The van der Waals surface area contributed by atoms with Gasteiger partial charge in [-0.05, 0) is 76.9 Å². The van der Waals surface area contributed by atoms with E-state index in [0.717, 1.165) is 11.3 Å². The number of ether oxygens (including phenoxy) is 2. The number of pyridine rings is 1. The molecule has 2 aromatic heterocycles. The quantitative estimate of drug-likeness (QED) is 0.215. The van der Waals surface area contributed by atoms with E-state index in [-0.39, 0.29) is 21.5 Å². The number of benzene rings is 2. The van der Waals surface area contributed by atoms with Gasteiger partial charge in [0, 0.05) is 16.0 Å². The van der Waals surface area contributed by atoms with Crippen molar-refractivity contribution >= 4 is 68.3 Å². The fourth-order valence-electron chi connectivity index (χ4n) is 4.29. The zero-order valence-corrected chi connectivity index (χ0v) is 25.2. The lowest BCUT2D eigenvalue weighted by Gasteiger charge is -2.16. The third-order valence-corrected chi connectivity index (χ3v) is 7.73. The molecule has 0 atom stereocenters. The Kier molecular flexibility index (Phi) is 8.83. The maximum Gasteiger partial charge on any atom is 0.348 e. The summed E-state index contributed by atoms with van der Waals surface area (Å²) in [4.78, 5) is 44.9. The van der Waals surface area contributed by atoms with E-state index in [1.54, 1.807) is 71.9 Å². The summed E-state index contributed by atoms with van der Waals surface area (Å²) >= 11 is 13.6. The topological polar surface area (TPSA) is 94.6 Å². The summed E-state index contributed by atoms with van der Waals surface area (Å²) in [5.41, 5.74) is 3.15. The molecule has 1 amide bonds. The summed E-state index contributed by atoms with van der Waals surface area (Å²) in [6, 6.07) is 12.3. The molecule has 0 saturated carbocycles. The fourth-order valence-corrected chi connectivity index (χ4v) is 5.86. The Bertz CT molecular complexity index is 1650. The predicted octanol–water partition coefficient (Wildman–Crippen LogP) is 8.27. The van der Waals surface area contributed by atoms with E-state index in [1.165, 1.54) is 0 Å². The van der Waals surface area contributed by atoms with E-state index < -0.39 is 23.9 Å². The Balaban J connectivity index is 1.86. The highest BCUT2D eigenvalue weighted by molar-refractivity contribution is 7.18. The number of aromatic nitrogens is 1. The van der Waals surface area contributed by atoms with Crippen LogP contribution in [-0.4, -0.2) is 35.0 Å². The van der Waals surface area contributed by atoms with Gasteiger partial charge in [0.2, 0.25) is 0 Å². The molecule has 208 valence electrons. The molecule has 0 aliphatic heterocycles. The fraction of sp³-hybridized carbons (Fsp3) is 0.267. The highest BCUT2D eigenvalue weighted by Gasteiger charge is 2.29. The first kappa shape index (κ1) is 29.5. The normalized spacial score (nSPS) is 11.2. The molecule has 10 heteroatoms. The lowest BCUT2D eigenvalue weighted by Crippen LogP contribution is -2.18. The van der Waals surface area contributed by atoms with E-state index in [4.69, 9.17) is 37.7 Å². The van der Waals surface area contributed by atoms with Crippen molar-refractivity contribution in [2.24, 2.45) is 0 Å². The molecule has 7 nitrogen and oxygen atoms in total. The number of hydrogen-bond donors (Lipinski definition) is 1. The molecule has 0 saturated heterocycles. The van der Waals surface area contributed by atoms with Gasteiger partial charge < -0.3 is 14.8 Å². The Hall–Kier alpha value is -3.46. The van der Waals surface area contributed by atoms with Crippen molar-refractivity contribution in [1.29, 1.82) is 0 Å². The molecule has 0 radical (unpaired) electrons. The van der Waals surface area contributed by atoms with Crippen molar-refractivity contribution in [3.8, 4) is 11.3 Å². The maximum atomic E-state index is 14.0. The van der Waals surface area contributed by atoms with Crippen LogP contribution in [-0.2, 0) is 9.47 Å². The molecule has 0 spiro atoms. The molecule has 0 aliphatic rings. The highest BCUT2D eigenvalue weighted by atomic mass is 35.5. The number of esters is 2. The van der Waals surface area contributed by atoms with Crippen LogP contribution in [0.5, 0.6) is 0 Å². The first-order valence-electron chi connectivity index (χ1n) is 12.6. The van der Waals surface area contributed by atoms with Gasteiger partial charge in [0.25, 0.3) is 5.91 Å². The smallest absolute Gasteiger partial charge is 0.348 e. The van der Waals surface area contributed by atoms with Crippen molar-refractivity contribution in [3.63, 3.8) is 0 Å². The number of fused-ring (bicyclic) bond motifs is 1. The van der Waals surface area contributed by atoms with E-state index >= 15 is 0 Å². The Morgan fingerprint density at radius 1 is 0.875 bits per heavy atom. The summed E-state index contributed by atoms with van der Waals surface area (Å²) in [7, 11) is 0. The second kappa shape index (κ2) is 12.0. The number of hydrogen-bond acceptors (Lipinski definition) is 7. The molecule has 0 aliphatic carbocycles. The molecule has 2 aromatic carbocycles. The van der Waals surface area contributed by atoms with Crippen LogP contribution >= 0.6 is 34.5 Å². The van der Waals surface area contributed by atoms with Crippen LogP contribution in [0.15, 0.2) is 42.5 Å². The lowest BCUT2D eigenvalue weighted by atomic mass is 9.97. The Labute approximate surface area is 246 Å². The van der Waals surface area contributed by atoms with Gasteiger partial charge in [-0.25, -0.2) is 14.6 Å². The number of nitrogens with zero attached hydrogens (tertiary/aromatic N) is 1. The zero-order valence-electron chi connectivity index (χ0n) is 22.8. The van der Waals surface area contributed by atoms with Gasteiger partial charge in [-0.2, -0.15) is 0 Å². The summed E-state index contributed by atoms with van der Waals surface area (Å²) in [6.45, 7) is 10.3. The molecule has 0 bridgehead atoms. The Morgan fingerprint density at radius 3 is 2.17 bits per heavy atom. The van der Waals surface area contributed by atoms with Gasteiger partial charge in [-0.3, -0.25) is 4.79 Å². The standard InChI is InChI=1S/C30H28Cl2N2O5S/c1-14(2)38-29(36)24-17(6)26(30(37)39-15(3)4)40-28(24)34-27(35)23-16(5)25(19-12-11-18(31)13-21(19)32)33-22-10-8-7-9-20(22)23/h7-15H,1-6H3,(H,34,35). The number of carbonyl (C=O) groups excluding carboxylic acids is 3. The molecular weight excluding hydrogens is 571 g/mol. The van der Waals surface area contributed by atoms with E-state index in [2.05, 4.69) is 5.32 Å². The van der Waals surface area contributed by atoms with Crippen LogP contribution in [0.2, 0.25) is 10.0 Å². The number of halogens is 2. The summed E-state index contributed by atoms with van der Waals surface area (Å²) < 4.78 is 10.8. The molecule has 40 heavy (non-hydrogen) atoms. The molecule has 0 fully saturated rings. The highest BCUT2D eigenvalue weighted by Crippen LogP contribution is 2.38. The minimum atomic E-state index is -0.646. The van der Waals surface area contributed by atoms with E-state index in [9.17, 15) is 14.4 Å². The molecule has 1 N–H and O–H groups in total. The van der Waals surface area contributed by atoms with Gasteiger partial charge in [0.15, 0.2) is 0 Å². The van der Waals surface area contributed by atoms with Crippen LogP contribution in [0.3, 0.4) is 0 Å². The van der Waals surface area contributed by atoms with Crippen LogP contribution < -0.4 is 5.32 Å². The molecule has 2 heterocycles. The largest absolute Gasteiger partial charge is 0.459 e. The zero-order chi connectivity index (χ0) is 29.3. The lowest BCUT2D eigenvalue weighted by molar-refractivity contribution is 0.0378. The molecular formula is C30H28Cl2N2O5S. The van der Waals surface area contributed by atoms with Crippen molar-refractivity contribution in [1.82, 2.24) is 4.98 Å². The second-order valence-corrected chi connectivity index (χ2v) is 11.6. The average Bonchev–Trinajstić information content (AvgIpc) is 3.18. The number of rotatable bonds is 7. The molecule has 4 aromatic rings. The SMILES string of the molecule is Cc1c(C(=O)OC(C)C)sc(NC(=O)c2c(C)c(-c3ccc(Cl)cc3Cl)nc3ccccc23)c1C(=O)OC(C)C. The van der Waals surface area contributed by atoms with Crippen molar-refractivity contribution in [3.05, 3.63) is 79.6 Å². The summed E-state index contributed by atoms with van der Waals surface area (Å²) in [5, 5.41) is 4.55. The third kappa shape index (κ3) is 5.99. The number of carbonyl (C=O) groups is 3. The number of amides is 1.